The van der Waals surface area contributed by atoms with Crippen LogP contribution in [-0.4, -0.2) is 191 Å². The molecule has 0 aromatic heterocycles. The smallest absolute Gasteiger partial charge is 0.187 e. The lowest BCUT2D eigenvalue weighted by atomic mass is 9.93. The Morgan fingerprint density at radius 3 is 1.58 bits per heavy atom. The van der Waals surface area contributed by atoms with Crippen LogP contribution in [0.3, 0.4) is 0 Å². The molecule has 0 saturated carbocycles. The van der Waals surface area contributed by atoms with Crippen LogP contribution in [0.1, 0.15) is 0 Å². The minimum Gasteiger partial charge on any atom is -0.394 e. The van der Waals surface area contributed by atoms with Crippen molar-refractivity contribution in [3.05, 3.63) is 0 Å². The Labute approximate surface area is 215 Å². The van der Waals surface area contributed by atoms with Crippen molar-refractivity contribution in [2.75, 3.05) is 19.8 Å². The fraction of sp³-hybridized carbons (Fsp3) is 1.00. The summed E-state index contributed by atoms with van der Waals surface area (Å²) in [7, 11) is 0. The Bertz CT molecular complexity index is 730. The van der Waals surface area contributed by atoms with E-state index >= 15 is 0 Å². The van der Waals surface area contributed by atoms with Gasteiger partial charge in [0.05, 0.1) is 19.8 Å². The Kier molecular flexibility index (Phi) is 11.1. The summed E-state index contributed by atoms with van der Waals surface area (Å²) in [4.78, 5) is 0. The predicted octanol–water partition coefficient (Wildman–Crippen LogP) is -8.85. The van der Waals surface area contributed by atoms with Crippen molar-refractivity contribution >= 4 is 0 Å². The van der Waals surface area contributed by atoms with Crippen LogP contribution in [-0.2, 0) is 23.7 Å². The molecular formula is C20H36O18. The van der Waals surface area contributed by atoms with Crippen LogP contribution in [0.2, 0.25) is 0 Å². The number of aliphatic hydroxyl groups excluding tert-OH is 13. The first-order chi connectivity index (χ1) is 17.9. The molecule has 18 nitrogen and oxygen atoms in total. The summed E-state index contributed by atoms with van der Waals surface area (Å²) in [6.07, 6.45) is -31.7. The second-order valence-corrected chi connectivity index (χ2v) is 9.32. The topological polar surface area (TPSA) is 309 Å². The largest absolute Gasteiger partial charge is 0.394 e. The van der Waals surface area contributed by atoms with Gasteiger partial charge in [-0.3, -0.25) is 0 Å². The Morgan fingerprint density at radius 2 is 1.03 bits per heavy atom. The molecule has 3 saturated heterocycles. The Hall–Kier alpha value is -0.720. The average molecular weight is 564 g/mol. The monoisotopic (exact) mass is 564 g/mol. The lowest BCUT2D eigenvalue weighted by Gasteiger charge is -2.49. The first-order valence-corrected chi connectivity index (χ1v) is 11.8. The van der Waals surface area contributed by atoms with Gasteiger partial charge in [0, 0.05) is 0 Å². The molecule has 38 heavy (non-hydrogen) atoms. The van der Waals surface area contributed by atoms with Gasteiger partial charge in [-0.2, -0.15) is 0 Å². The van der Waals surface area contributed by atoms with Crippen molar-refractivity contribution in [2.45, 2.75) is 104 Å². The molecule has 13 N–H and O–H groups in total. The fourth-order valence-electron chi connectivity index (χ4n) is 4.49. The highest BCUT2D eigenvalue weighted by molar-refractivity contribution is 4.98. The van der Waals surface area contributed by atoms with Gasteiger partial charge >= 0.3 is 0 Å². The molecule has 0 radical (unpaired) electrons. The molecule has 3 aliphatic rings. The Morgan fingerprint density at radius 1 is 0.526 bits per heavy atom. The van der Waals surface area contributed by atoms with Gasteiger partial charge in [0.1, 0.15) is 85.5 Å². The maximum absolute atomic E-state index is 10.6. The SMILES string of the molecule is OC[C@@H](O)[C@H]1O[C@H](O[C@@H]2[C@H](O)[C@@H](O)O[C@H]([C@H](O)CO)[C@H]2O[C@@H]2O[C@H](CO)[C@@H](O)[C@H](O)[C@H]2O)[C@@H](O)[C@@H](O)[C@@H]1O. The van der Waals surface area contributed by atoms with E-state index in [4.69, 9.17) is 23.7 Å². The fourth-order valence-corrected chi connectivity index (χ4v) is 4.49. The van der Waals surface area contributed by atoms with Crippen LogP contribution in [0.25, 0.3) is 0 Å². The number of ether oxygens (including phenoxy) is 5. The van der Waals surface area contributed by atoms with Gasteiger partial charge in [-0.1, -0.05) is 0 Å². The van der Waals surface area contributed by atoms with Crippen LogP contribution in [0.15, 0.2) is 0 Å². The van der Waals surface area contributed by atoms with Gasteiger partial charge in [0.15, 0.2) is 18.9 Å². The van der Waals surface area contributed by atoms with E-state index in [1.54, 1.807) is 0 Å². The van der Waals surface area contributed by atoms with E-state index in [0.717, 1.165) is 0 Å². The van der Waals surface area contributed by atoms with Gasteiger partial charge < -0.3 is 90.1 Å². The lowest BCUT2D eigenvalue weighted by Crippen LogP contribution is -2.68. The van der Waals surface area contributed by atoms with Crippen LogP contribution < -0.4 is 0 Å². The molecular weight excluding hydrogens is 528 g/mol. The quantitative estimate of drug-likeness (QED) is 0.124. The molecule has 0 unspecified atom stereocenters. The van der Waals surface area contributed by atoms with Crippen molar-refractivity contribution < 1.29 is 90.1 Å². The van der Waals surface area contributed by atoms with Gasteiger partial charge in [-0.15, -0.1) is 0 Å². The summed E-state index contributed by atoms with van der Waals surface area (Å²) >= 11 is 0. The molecule has 17 atom stereocenters. The molecule has 3 fully saturated rings. The van der Waals surface area contributed by atoms with Gasteiger partial charge in [-0.25, -0.2) is 0 Å². The lowest BCUT2D eigenvalue weighted by molar-refractivity contribution is -0.389. The summed E-state index contributed by atoms with van der Waals surface area (Å²) in [5.74, 6) is 0. The first kappa shape index (κ1) is 31.8. The summed E-state index contributed by atoms with van der Waals surface area (Å²) in [5, 5.41) is 130. The van der Waals surface area contributed by atoms with Crippen LogP contribution in [0.4, 0.5) is 0 Å². The van der Waals surface area contributed by atoms with Gasteiger partial charge in [-0.05, 0) is 0 Å². The second-order valence-electron chi connectivity index (χ2n) is 9.32. The highest BCUT2D eigenvalue weighted by atomic mass is 16.8. The molecule has 18 heteroatoms. The minimum absolute atomic E-state index is 0.827. The molecule has 0 bridgehead atoms. The zero-order chi connectivity index (χ0) is 28.5. The Balaban J connectivity index is 1.92. The zero-order valence-corrected chi connectivity index (χ0v) is 19.8. The summed E-state index contributed by atoms with van der Waals surface area (Å²) in [5.41, 5.74) is 0. The van der Waals surface area contributed by atoms with E-state index < -0.39 is 124 Å². The van der Waals surface area contributed by atoms with Crippen LogP contribution in [0, 0.1) is 0 Å². The molecule has 224 valence electrons. The third kappa shape index (κ3) is 6.28. The highest BCUT2D eigenvalue weighted by Crippen LogP contribution is 2.34. The van der Waals surface area contributed by atoms with Gasteiger partial charge in [0.2, 0.25) is 0 Å². The third-order valence-electron chi connectivity index (χ3n) is 6.74. The van der Waals surface area contributed by atoms with Gasteiger partial charge in [0.25, 0.3) is 0 Å². The highest BCUT2D eigenvalue weighted by Gasteiger charge is 2.55. The third-order valence-corrected chi connectivity index (χ3v) is 6.74. The number of hydrogen-bond donors (Lipinski definition) is 13. The molecule has 0 aromatic rings. The van der Waals surface area contributed by atoms with E-state index in [9.17, 15) is 66.4 Å². The standard InChI is InChI=1S/C20H36O18/c21-1-4(24)14-10(29)9(28)12(31)20(36-14)37-16-13(32)18(33)35-15(5(25)2-22)17(16)38-19-11(30)8(27)7(26)6(3-23)34-19/h4-33H,1-3H2/t4-,5-,6-,7-,8+,9+,10+,11-,12+,13+,14-,15-,16-,17-,18+,19+,20-/m1/s1. The van der Waals surface area contributed by atoms with E-state index in [1.807, 2.05) is 0 Å². The van der Waals surface area contributed by atoms with E-state index in [-0.39, 0.29) is 0 Å². The maximum atomic E-state index is 10.6. The number of hydrogen-bond acceptors (Lipinski definition) is 18. The first-order valence-electron chi connectivity index (χ1n) is 11.8. The van der Waals surface area contributed by atoms with E-state index in [0.29, 0.717) is 0 Å². The maximum Gasteiger partial charge on any atom is 0.187 e. The summed E-state index contributed by atoms with van der Waals surface area (Å²) in [6.45, 7) is -2.73. The summed E-state index contributed by atoms with van der Waals surface area (Å²) < 4.78 is 26.8. The minimum atomic E-state index is -2.10. The molecule has 3 aliphatic heterocycles. The van der Waals surface area contributed by atoms with Crippen LogP contribution in [0.5, 0.6) is 0 Å². The zero-order valence-electron chi connectivity index (χ0n) is 19.8. The predicted molar refractivity (Wildman–Crippen MR) is 113 cm³/mol. The molecule has 3 rings (SSSR count). The van der Waals surface area contributed by atoms with E-state index in [1.165, 1.54) is 0 Å². The normalized spacial score (nSPS) is 50.0. The molecule has 0 aromatic carbocycles. The average Bonchev–Trinajstić information content (AvgIpc) is 2.91. The van der Waals surface area contributed by atoms with Crippen molar-refractivity contribution in [3.8, 4) is 0 Å². The molecule has 0 aliphatic carbocycles. The molecule has 0 spiro atoms. The number of aliphatic hydroxyl groups is 13. The second kappa shape index (κ2) is 13.3. The molecule has 0 amide bonds. The van der Waals surface area contributed by atoms with Crippen molar-refractivity contribution in [1.29, 1.82) is 0 Å². The van der Waals surface area contributed by atoms with Crippen molar-refractivity contribution in [1.82, 2.24) is 0 Å². The molecule has 3 heterocycles. The van der Waals surface area contributed by atoms with Crippen LogP contribution >= 0.6 is 0 Å². The number of rotatable bonds is 9. The van der Waals surface area contributed by atoms with Crippen molar-refractivity contribution in [3.63, 3.8) is 0 Å². The van der Waals surface area contributed by atoms with E-state index in [2.05, 4.69) is 0 Å². The van der Waals surface area contributed by atoms with Crippen molar-refractivity contribution in [2.24, 2.45) is 0 Å². The summed E-state index contributed by atoms with van der Waals surface area (Å²) in [6, 6.07) is 0.